The number of benzene rings is 1. The molecule has 0 fully saturated rings. The van der Waals surface area contributed by atoms with Crippen LogP contribution < -0.4 is 5.32 Å². The molecule has 2 heterocycles. The van der Waals surface area contributed by atoms with Gasteiger partial charge in [0.25, 0.3) is 5.91 Å². The Balaban J connectivity index is 1.77. The van der Waals surface area contributed by atoms with Crippen molar-refractivity contribution in [1.82, 2.24) is 25.5 Å². The summed E-state index contributed by atoms with van der Waals surface area (Å²) in [5.41, 5.74) is 1.90. The first-order valence-electron chi connectivity index (χ1n) is 5.63. The van der Waals surface area contributed by atoms with Crippen molar-refractivity contribution in [1.29, 1.82) is 0 Å². The normalized spacial score (nSPS) is 10.8. The van der Waals surface area contributed by atoms with E-state index in [9.17, 15) is 9.18 Å². The summed E-state index contributed by atoms with van der Waals surface area (Å²) in [6.45, 7) is 0.348. The molecule has 0 spiro atoms. The van der Waals surface area contributed by atoms with Gasteiger partial charge in [-0.2, -0.15) is 5.10 Å². The predicted octanol–water partition coefficient (Wildman–Crippen LogP) is 1.36. The summed E-state index contributed by atoms with van der Waals surface area (Å²) in [6.07, 6.45) is 3.31. The Kier molecular flexibility index (Phi) is 2.71. The standard InChI is InChI=1S/C12H10FN5O/c13-8-1-2-9-10(3-8)18-11(17-9)12(19)14-4-7-5-15-16-6-7/h1-3,5-6H,4H2,(H,14,19)(H,15,16)(H,17,18). The molecule has 0 saturated carbocycles. The number of imidazole rings is 1. The highest BCUT2D eigenvalue weighted by Crippen LogP contribution is 2.12. The number of aromatic nitrogens is 4. The third kappa shape index (κ3) is 2.30. The van der Waals surface area contributed by atoms with Crippen molar-refractivity contribution in [2.75, 3.05) is 0 Å². The smallest absolute Gasteiger partial charge is 0.287 e. The van der Waals surface area contributed by atoms with Crippen LogP contribution in [0.2, 0.25) is 0 Å². The van der Waals surface area contributed by atoms with E-state index in [2.05, 4.69) is 25.5 Å². The second kappa shape index (κ2) is 4.52. The van der Waals surface area contributed by atoms with E-state index in [-0.39, 0.29) is 17.5 Å². The van der Waals surface area contributed by atoms with Crippen LogP contribution in [0.25, 0.3) is 11.0 Å². The highest BCUT2D eigenvalue weighted by molar-refractivity contribution is 5.94. The summed E-state index contributed by atoms with van der Waals surface area (Å²) in [6, 6.07) is 4.12. The largest absolute Gasteiger partial charge is 0.345 e. The van der Waals surface area contributed by atoms with Crippen molar-refractivity contribution >= 4 is 16.9 Å². The summed E-state index contributed by atoms with van der Waals surface area (Å²) in [5, 5.41) is 9.12. The molecule has 0 unspecified atom stereocenters. The van der Waals surface area contributed by atoms with Crippen molar-refractivity contribution < 1.29 is 9.18 Å². The first kappa shape index (κ1) is 11.4. The van der Waals surface area contributed by atoms with Crippen LogP contribution in [0.1, 0.15) is 16.2 Å². The maximum atomic E-state index is 13.0. The maximum absolute atomic E-state index is 13.0. The summed E-state index contributed by atoms with van der Waals surface area (Å²) >= 11 is 0. The molecular weight excluding hydrogens is 249 g/mol. The molecule has 3 N–H and O–H groups in total. The number of nitrogens with zero attached hydrogens (tertiary/aromatic N) is 2. The minimum Gasteiger partial charge on any atom is -0.345 e. The van der Waals surface area contributed by atoms with Crippen LogP contribution in [-0.4, -0.2) is 26.1 Å². The molecule has 1 aromatic carbocycles. The quantitative estimate of drug-likeness (QED) is 0.663. The molecule has 0 aliphatic carbocycles. The minimum absolute atomic E-state index is 0.157. The van der Waals surface area contributed by atoms with Crippen LogP contribution in [0.15, 0.2) is 30.6 Å². The molecule has 0 radical (unpaired) electrons. The van der Waals surface area contributed by atoms with Crippen molar-refractivity contribution in [3.05, 3.63) is 47.8 Å². The Morgan fingerprint density at radius 1 is 1.42 bits per heavy atom. The Morgan fingerprint density at radius 2 is 2.32 bits per heavy atom. The fraction of sp³-hybridized carbons (Fsp3) is 0.0833. The SMILES string of the molecule is O=C(NCc1cn[nH]c1)c1nc2ccc(F)cc2[nH]1. The van der Waals surface area contributed by atoms with Crippen LogP contribution in [0.3, 0.4) is 0 Å². The fourth-order valence-electron chi connectivity index (χ4n) is 1.73. The highest BCUT2D eigenvalue weighted by atomic mass is 19.1. The van der Waals surface area contributed by atoms with Gasteiger partial charge in [0.2, 0.25) is 0 Å². The van der Waals surface area contributed by atoms with E-state index >= 15 is 0 Å². The summed E-state index contributed by atoms with van der Waals surface area (Å²) in [4.78, 5) is 18.7. The lowest BCUT2D eigenvalue weighted by atomic mass is 10.3. The summed E-state index contributed by atoms with van der Waals surface area (Å²) < 4.78 is 13.0. The van der Waals surface area contributed by atoms with E-state index in [1.807, 2.05) is 0 Å². The van der Waals surface area contributed by atoms with Crippen LogP contribution in [0.5, 0.6) is 0 Å². The van der Waals surface area contributed by atoms with E-state index in [4.69, 9.17) is 0 Å². The predicted molar refractivity (Wildman–Crippen MR) is 65.8 cm³/mol. The van der Waals surface area contributed by atoms with Crippen LogP contribution in [0, 0.1) is 5.82 Å². The Hall–Kier alpha value is -2.70. The number of amides is 1. The molecule has 0 saturated heterocycles. The van der Waals surface area contributed by atoms with E-state index in [0.717, 1.165) is 5.56 Å². The topological polar surface area (TPSA) is 86.5 Å². The molecule has 0 aliphatic heterocycles. The number of halogens is 1. The monoisotopic (exact) mass is 259 g/mol. The van der Waals surface area contributed by atoms with E-state index in [0.29, 0.717) is 17.6 Å². The first-order valence-corrected chi connectivity index (χ1v) is 5.63. The molecule has 7 heteroatoms. The second-order valence-electron chi connectivity index (χ2n) is 4.04. The molecule has 3 aromatic rings. The number of carbonyl (C=O) groups excluding carboxylic acids is 1. The molecule has 3 rings (SSSR count). The number of rotatable bonds is 3. The number of H-pyrrole nitrogens is 2. The molecule has 1 amide bonds. The summed E-state index contributed by atoms with van der Waals surface area (Å²) in [7, 11) is 0. The van der Waals surface area contributed by atoms with Crippen molar-refractivity contribution in [3.8, 4) is 0 Å². The second-order valence-corrected chi connectivity index (χ2v) is 4.04. The van der Waals surface area contributed by atoms with E-state index in [1.54, 1.807) is 12.4 Å². The zero-order valence-corrected chi connectivity index (χ0v) is 9.77. The van der Waals surface area contributed by atoms with Gasteiger partial charge in [0.05, 0.1) is 17.2 Å². The average molecular weight is 259 g/mol. The number of carbonyl (C=O) groups is 1. The molecule has 19 heavy (non-hydrogen) atoms. The number of hydrogen-bond acceptors (Lipinski definition) is 3. The molecule has 2 aromatic heterocycles. The van der Waals surface area contributed by atoms with Gasteiger partial charge >= 0.3 is 0 Å². The van der Waals surface area contributed by atoms with Crippen LogP contribution >= 0.6 is 0 Å². The number of hydrogen-bond donors (Lipinski definition) is 3. The highest BCUT2D eigenvalue weighted by Gasteiger charge is 2.11. The average Bonchev–Trinajstić information content (AvgIpc) is 3.04. The van der Waals surface area contributed by atoms with Gasteiger partial charge < -0.3 is 10.3 Å². The molecular formula is C12H10FN5O. The molecule has 6 nitrogen and oxygen atoms in total. The fourth-order valence-corrected chi connectivity index (χ4v) is 1.73. The van der Waals surface area contributed by atoms with Crippen LogP contribution in [-0.2, 0) is 6.54 Å². The van der Waals surface area contributed by atoms with Gasteiger partial charge in [-0.25, -0.2) is 9.37 Å². The Morgan fingerprint density at radius 3 is 3.11 bits per heavy atom. The van der Waals surface area contributed by atoms with Gasteiger partial charge in [-0.1, -0.05) is 0 Å². The third-order valence-electron chi connectivity index (χ3n) is 2.67. The zero-order valence-electron chi connectivity index (χ0n) is 9.77. The lowest BCUT2D eigenvalue weighted by Gasteiger charge is -1.99. The van der Waals surface area contributed by atoms with Gasteiger partial charge in [0, 0.05) is 18.3 Å². The first-order chi connectivity index (χ1) is 9.22. The maximum Gasteiger partial charge on any atom is 0.287 e. The molecule has 0 aliphatic rings. The van der Waals surface area contributed by atoms with Gasteiger partial charge in [0.15, 0.2) is 5.82 Å². The van der Waals surface area contributed by atoms with Crippen molar-refractivity contribution in [3.63, 3.8) is 0 Å². The lowest BCUT2D eigenvalue weighted by molar-refractivity contribution is 0.0942. The minimum atomic E-state index is -0.374. The van der Waals surface area contributed by atoms with Gasteiger partial charge in [-0.15, -0.1) is 0 Å². The van der Waals surface area contributed by atoms with E-state index in [1.165, 1.54) is 18.2 Å². The number of fused-ring (bicyclic) bond motifs is 1. The van der Waals surface area contributed by atoms with Crippen molar-refractivity contribution in [2.45, 2.75) is 6.54 Å². The number of aromatic amines is 2. The Labute approximate surface area is 107 Å². The molecule has 0 atom stereocenters. The van der Waals surface area contributed by atoms with Crippen molar-refractivity contribution in [2.24, 2.45) is 0 Å². The Bertz CT molecular complexity index is 719. The van der Waals surface area contributed by atoms with Gasteiger partial charge in [0.1, 0.15) is 5.82 Å². The van der Waals surface area contributed by atoms with Crippen LogP contribution in [0.4, 0.5) is 4.39 Å². The van der Waals surface area contributed by atoms with E-state index < -0.39 is 0 Å². The zero-order chi connectivity index (χ0) is 13.2. The lowest BCUT2D eigenvalue weighted by Crippen LogP contribution is -2.23. The number of nitrogens with one attached hydrogen (secondary N) is 3. The summed E-state index contributed by atoms with van der Waals surface area (Å²) in [5.74, 6) is -0.566. The van der Waals surface area contributed by atoms with Gasteiger partial charge in [-0.3, -0.25) is 9.89 Å². The molecule has 96 valence electrons. The third-order valence-corrected chi connectivity index (χ3v) is 2.67. The van der Waals surface area contributed by atoms with Gasteiger partial charge in [-0.05, 0) is 18.2 Å². The molecule has 0 bridgehead atoms.